The summed E-state index contributed by atoms with van der Waals surface area (Å²) in [5.74, 6) is 0.836. The highest BCUT2D eigenvalue weighted by atomic mass is 35.5. The average molecular weight is 248 g/mol. The first kappa shape index (κ1) is 11.9. The van der Waals surface area contributed by atoms with E-state index in [1.165, 1.54) is 0 Å². The van der Waals surface area contributed by atoms with Crippen molar-refractivity contribution in [3.8, 4) is 5.75 Å². The van der Waals surface area contributed by atoms with E-state index in [1.807, 2.05) is 30.3 Å². The molecular weight excluding hydrogens is 234 g/mol. The third-order valence-electron chi connectivity index (χ3n) is 2.59. The number of benzene rings is 1. The van der Waals surface area contributed by atoms with Gasteiger partial charge in [0.05, 0.1) is 5.52 Å². The molecule has 0 saturated heterocycles. The first-order chi connectivity index (χ1) is 8.31. The van der Waals surface area contributed by atoms with E-state index in [-0.39, 0.29) is 5.75 Å². The standard InChI is InChI=1S/C14H14ClNO/c15-10-3-1-2-5-11-8-9-12-13(16-11)6-4-7-14(12)17/h1,3-4,6-9,17H,2,5,10H2/b3-1+. The van der Waals surface area contributed by atoms with Crippen LogP contribution >= 0.6 is 11.6 Å². The number of nitrogens with zero attached hydrogens (tertiary/aromatic N) is 1. The second-order valence-corrected chi connectivity index (χ2v) is 4.12. The minimum atomic E-state index is 0.281. The molecule has 0 bridgehead atoms. The van der Waals surface area contributed by atoms with Gasteiger partial charge in [0.1, 0.15) is 5.75 Å². The number of halogens is 1. The fraction of sp³-hybridized carbons (Fsp3) is 0.214. The van der Waals surface area contributed by atoms with Crippen LogP contribution in [0.5, 0.6) is 5.75 Å². The van der Waals surface area contributed by atoms with Crippen LogP contribution in [-0.4, -0.2) is 16.0 Å². The van der Waals surface area contributed by atoms with Crippen molar-refractivity contribution in [1.82, 2.24) is 4.98 Å². The molecule has 0 saturated carbocycles. The van der Waals surface area contributed by atoms with Gasteiger partial charge in [-0.1, -0.05) is 18.2 Å². The van der Waals surface area contributed by atoms with Crippen molar-refractivity contribution < 1.29 is 5.11 Å². The molecule has 0 aliphatic heterocycles. The maximum Gasteiger partial charge on any atom is 0.124 e. The minimum absolute atomic E-state index is 0.281. The molecular formula is C14H14ClNO. The summed E-state index contributed by atoms with van der Waals surface area (Å²) in [5.41, 5.74) is 1.87. The van der Waals surface area contributed by atoms with Gasteiger partial charge in [-0.05, 0) is 37.1 Å². The largest absolute Gasteiger partial charge is 0.507 e. The Morgan fingerprint density at radius 3 is 2.88 bits per heavy atom. The van der Waals surface area contributed by atoms with Gasteiger partial charge in [-0.2, -0.15) is 0 Å². The number of hydrogen-bond acceptors (Lipinski definition) is 2. The van der Waals surface area contributed by atoms with Crippen LogP contribution in [0.25, 0.3) is 10.9 Å². The number of aromatic nitrogens is 1. The Bertz CT molecular complexity index is 537. The number of aromatic hydroxyl groups is 1. The molecule has 1 aromatic carbocycles. The van der Waals surface area contributed by atoms with Crippen molar-refractivity contribution in [1.29, 1.82) is 0 Å². The lowest BCUT2D eigenvalue weighted by atomic mass is 10.1. The van der Waals surface area contributed by atoms with Crippen LogP contribution in [0.15, 0.2) is 42.5 Å². The van der Waals surface area contributed by atoms with Gasteiger partial charge < -0.3 is 5.11 Å². The third-order valence-corrected chi connectivity index (χ3v) is 2.77. The molecule has 17 heavy (non-hydrogen) atoms. The summed E-state index contributed by atoms with van der Waals surface area (Å²) in [6, 6.07) is 9.26. The fourth-order valence-corrected chi connectivity index (χ4v) is 1.86. The second-order valence-electron chi connectivity index (χ2n) is 3.81. The summed E-state index contributed by atoms with van der Waals surface area (Å²) in [5, 5.41) is 10.4. The number of phenols is 1. The van der Waals surface area contributed by atoms with Gasteiger partial charge in [0.25, 0.3) is 0 Å². The van der Waals surface area contributed by atoms with Gasteiger partial charge in [-0.3, -0.25) is 4.98 Å². The molecule has 2 nitrogen and oxygen atoms in total. The van der Waals surface area contributed by atoms with E-state index in [1.54, 1.807) is 6.07 Å². The summed E-state index contributed by atoms with van der Waals surface area (Å²) in [6.07, 6.45) is 5.82. The molecule has 1 aromatic heterocycles. The zero-order valence-corrected chi connectivity index (χ0v) is 10.2. The van der Waals surface area contributed by atoms with Gasteiger partial charge in [-0.25, -0.2) is 0 Å². The molecule has 1 N–H and O–H groups in total. The van der Waals surface area contributed by atoms with E-state index >= 15 is 0 Å². The quantitative estimate of drug-likeness (QED) is 0.661. The highest BCUT2D eigenvalue weighted by Crippen LogP contribution is 2.23. The summed E-state index contributed by atoms with van der Waals surface area (Å²) in [4.78, 5) is 4.51. The fourth-order valence-electron chi connectivity index (χ4n) is 1.73. The van der Waals surface area contributed by atoms with E-state index < -0.39 is 0 Å². The Hall–Kier alpha value is -1.54. The average Bonchev–Trinajstić information content (AvgIpc) is 2.35. The van der Waals surface area contributed by atoms with Crippen molar-refractivity contribution in [3.63, 3.8) is 0 Å². The molecule has 0 aliphatic rings. The molecule has 88 valence electrons. The Kier molecular flexibility index (Phi) is 3.99. The first-order valence-electron chi connectivity index (χ1n) is 5.60. The highest BCUT2D eigenvalue weighted by molar-refractivity contribution is 6.18. The predicted molar refractivity (Wildman–Crippen MR) is 71.6 cm³/mol. The number of rotatable bonds is 4. The zero-order valence-electron chi connectivity index (χ0n) is 9.44. The van der Waals surface area contributed by atoms with Gasteiger partial charge >= 0.3 is 0 Å². The van der Waals surface area contributed by atoms with Crippen LogP contribution in [-0.2, 0) is 6.42 Å². The molecule has 3 heteroatoms. The van der Waals surface area contributed by atoms with Crippen molar-refractivity contribution >= 4 is 22.5 Å². The minimum Gasteiger partial charge on any atom is -0.507 e. The molecule has 0 amide bonds. The number of phenolic OH excluding ortho intramolecular Hbond substituents is 1. The van der Waals surface area contributed by atoms with Gasteiger partial charge in [-0.15, -0.1) is 11.6 Å². The topological polar surface area (TPSA) is 33.1 Å². The summed E-state index contributed by atoms with van der Waals surface area (Å²) < 4.78 is 0. The Labute approximate surface area is 106 Å². The molecule has 0 spiro atoms. The molecule has 0 aliphatic carbocycles. The van der Waals surface area contributed by atoms with Crippen molar-refractivity contribution in [2.75, 3.05) is 5.88 Å². The number of allylic oxidation sites excluding steroid dienone is 2. The SMILES string of the molecule is Oc1cccc2nc(CC/C=C/CCl)ccc12. The van der Waals surface area contributed by atoms with Crippen molar-refractivity contribution in [3.05, 3.63) is 48.2 Å². The van der Waals surface area contributed by atoms with Crippen LogP contribution in [0.2, 0.25) is 0 Å². The third kappa shape index (κ3) is 2.98. The molecule has 1 heterocycles. The van der Waals surface area contributed by atoms with Crippen LogP contribution in [0.1, 0.15) is 12.1 Å². The molecule has 0 atom stereocenters. The maximum atomic E-state index is 9.64. The normalized spacial score (nSPS) is 11.4. The zero-order chi connectivity index (χ0) is 12.1. The molecule has 2 rings (SSSR count). The number of hydrogen-bond donors (Lipinski definition) is 1. The molecule has 0 radical (unpaired) electrons. The number of alkyl halides is 1. The smallest absolute Gasteiger partial charge is 0.124 e. The van der Waals surface area contributed by atoms with Crippen molar-refractivity contribution in [2.45, 2.75) is 12.8 Å². The van der Waals surface area contributed by atoms with E-state index in [4.69, 9.17) is 11.6 Å². The van der Waals surface area contributed by atoms with Crippen LogP contribution in [0.4, 0.5) is 0 Å². The van der Waals surface area contributed by atoms with Gasteiger partial charge in [0.2, 0.25) is 0 Å². The maximum absolute atomic E-state index is 9.64. The molecule has 2 aromatic rings. The molecule has 0 unspecified atom stereocenters. The summed E-state index contributed by atoms with van der Waals surface area (Å²) >= 11 is 5.55. The first-order valence-corrected chi connectivity index (χ1v) is 6.13. The Morgan fingerprint density at radius 1 is 1.18 bits per heavy atom. The van der Waals surface area contributed by atoms with Crippen LogP contribution < -0.4 is 0 Å². The van der Waals surface area contributed by atoms with Crippen molar-refractivity contribution in [2.24, 2.45) is 0 Å². The van der Waals surface area contributed by atoms with Gasteiger partial charge in [0, 0.05) is 17.0 Å². The van der Waals surface area contributed by atoms with E-state index in [0.717, 1.165) is 29.4 Å². The van der Waals surface area contributed by atoms with E-state index in [9.17, 15) is 5.11 Å². The lowest BCUT2D eigenvalue weighted by molar-refractivity contribution is 0.481. The monoisotopic (exact) mass is 247 g/mol. The lowest BCUT2D eigenvalue weighted by Crippen LogP contribution is -1.90. The summed E-state index contributed by atoms with van der Waals surface area (Å²) in [6.45, 7) is 0. The number of pyridine rings is 1. The van der Waals surface area contributed by atoms with E-state index in [2.05, 4.69) is 11.1 Å². The lowest BCUT2D eigenvalue weighted by Gasteiger charge is -2.03. The van der Waals surface area contributed by atoms with Crippen LogP contribution in [0, 0.1) is 0 Å². The number of aryl methyl sites for hydroxylation is 1. The number of fused-ring (bicyclic) bond motifs is 1. The predicted octanol–water partition coefficient (Wildman–Crippen LogP) is 3.67. The second kappa shape index (κ2) is 5.69. The van der Waals surface area contributed by atoms with Crippen LogP contribution in [0.3, 0.4) is 0 Å². The van der Waals surface area contributed by atoms with Gasteiger partial charge in [0.15, 0.2) is 0 Å². The Morgan fingerprint density at radius 2 is 2.06 bits per heavy atom. The Balaban J connectivity index is 2.17. The highest BCUT2D eigenvalue weighted by Gasteiger charge is 2.01. The van der Waals surface area contributed by atoms with E-state index in [0.29, 0.717) is 5.88 Å². The molecule has 0 fully saturated rings. The summed E-state index contributed by atoms with van der Waals surface area (Å²) in [7, 11) is 0.